The molecule has 132 valence electrons. The van der Waals surface area contributed by atoms with Crippen LogP contribution in [0.3, 0.4) is 0 Å². The van der Waals surface area contributed by atoms with Gasteiger partial charge < -0.3 is 15.4 Å². The Kier molecular flexibility index (Phi) is 9.93. The minimum atomic E-state index is 0. The quantitative estimate of drug-likeness (QED) is 0.783. The van der Waals surface area contributed by atoms with E-state index in [4.69, 9.17) is 10.5 Å². The molecule has 0 bridgehead atoms. The van der Waals surface area contributed by atoms with E-state index < -0.39 is 0 Å². The number of hydrogen-bond donors (Lipinski definition) is 1. The van der Waals surface area contributed by atoms with Crippen LogP contribution in [0.1, 0.15) is 50.9 Å². The smallest absolute Gasteiger partial charge is 0.253 e. The van der Waals surface area contributed by atoms with Crippen molar-refractivity contribution in [2.45, 2.75) is 52.7 Å². The van der Waals surface area contributed by atoms with Gasteiger partial charge in [0.15, 0.2) is 0 Å². The van der Waals surface area contributed by atoms with Gasteiger partial charge in [0.25, 0.3) is 5.91 Å². The van der Waals surface area contributed by atoms with Gasteiger partial charge in [0.1, 0.15) is 5.75 Å². The second-order valence-corrected chi connectivity index (χ2v) is 6.28. The predicted molar refractivity (Wildman–Crippen MR) is 98.5 cm³/mol. The Morgan fingerprint density at radius 1 is 1.22 bits per heavy atom. The molecule has 0 aromatic heterocycles. The van der Waals surface area contributed by atoms with E-state index in [0.717, 1.165) is 18.6 Å². The van der Waals surface area contributed by atoms with Crippen molar-refractivity contribution in [1.29, 1.82) is 0 Å². The van der Waals surface area contributed by atoms with Gasteiger partial charge in [-0.1, -0.05) is 20.8 Å². The topological polar surface area (TPSA) is 55.6 Å². The van der Waals surface area contributed by atoms with Crippen molar-refractivity contribution >= 4 is 18.3 Å². The van der Waals surface area contributed by atoms with E-state index in [9.17, 15) is 4.79 Å². The fourth-order valence-corrected chi connectivity index (χ4v) is 1.99. The Balaban J connectivity index is 0.00000484. The van der Waals surface area contributed by atoms with Gasteiger partial charge in [-0.25, -0.2) is 0 Å². The number of amides is 1. The summed E-state index contributed by atoms with van der Waals surface area (Å²) in [6, 6.07) is 7.47. The summed E-state index contributed by atoms with van der Waals surface area (Å²) in [6.45, 7) is 8.98. The van der Waals surface area contributed by atoms with Crippen LogP contribution < -0.4 is 10.5 Å². The number of carbonyl (C=O) groups is 1. The number of benzene rings is 1. The first-order chi connectivity index (χ1) is 10.3. The Morgan fingerprint density at radius 3 is 2.26 bits per heavy atom. The lowest BCUT2D eigenvalue weighted by molar-refractivity contribution is 0.0789. The first-order valence-corrected chi connectivity index (χ1v) is 8.12. The normalized spacial score (nSPS) is 13.2. The van der Waals surface area contributed by atoms with Crippen LogP contribution in [0.4, 0.5) is 0 Å². The van der Waals surface area contributed by atoms with Crippen molar-refractivity contribution in [2.75, 3.05) is 13.6 Å². The summed E-state index contributed by atoms with van der Waals surface area (Å²) in [4.78, 5) is 14.1. The molecule has 1 rings (SSSR count). The lowest BCUT2D eigenvalue weighted by Gasteiger charge is -2.21. The fraction of sp³-hybridized carbons (Fsp3) is 0.611. The van der Waals surface area contributed by atoms with Gasteiger partial charge in [0.2, 0.25) is 0 Å². The lowest BCUT2D eigenvalue weighted by Crippen LogP contribution is -2.34. The maximum Gasteiger partial charge on any atom is 0.253 e. The molecule has 2 atom stereocenters. The second-order valence-electron chi connectivity index (χ2n) is 6.28. The Morgan fingerprint density at radius 2 is 1.78 bits per heavy atom. The molecule has 5 heteroatoms. The number of ether oxygens (including phenoxy) is 1. The number of carbonyl (C=O) groups excluding carboxylic acids is 1. The number of nitrogens with zero attached hydrogens (tertiary/aromatic N) is 1. The third-order valence-electron chi connectivity index (χ3n) is 4.01. The monoisotopic (exact) mass is 342 g/mol. The molecule has 1 amide bonds. The van der Waals surface area contributed by atoms with Gasteiger partial charge in [-0.2, -0.15) is 0 Å². The average Bonchev–Trinajstić information content (AvgIpc) is 2.51. The van der Waals surface area contributed by atoms with E-state index in [1.165, 1.54) is 0 Å². The van der Waals surface area contributed by atoms with Crippen LogP contribution in [0.15, 0.2) is 24.3 Å². The van der Waals surface area contributed by atoms with Crippen LogP contribution in [-0.4, -0.2) is 36.5 Å². The minimum absolute atomic E-state index is 0. The standard InChI is InChI=1S/C18H30N2O2.ClH/c1-6-14(4)22-16-9-7-15(8-10-16)18(21)20(5)12-11-17(19)13(2)3;/h7-10,13-14,17H,6,11-12,19H2,1-5H3;1H. The van der Waals surface area contributed by atoms with Gasteiger partial charge in [0.05, 0.1) is 6.10 Å². The van der Waals surface area contributed by atoms with E-state index in [-0.39, 0.29) is 30.5 Å². The molecule has 1 aromatic carbocycles. The highest BCUT2D eigenvalue weighted by Crippen LogP contribution is 2.16. The number of rotatable bonds is 8. The SMILES string of the molecule is CCC(C)Oc1ccc(C(=O)N(C)CCC(N)C(C)C)cc1.Cl. The van der Waals surface area contributed by atoms with Crippen LogP contribution >= 0.6 is 12.4 Å². The maximum atomic E-state index is 12.4. The van der Waals surface area contributed by atoms with Gasteiger partial charge >= 0.3 is 0 Å². The molecule has 0 aliphatic carbocycles. The summed E-state index contributed by atoms with van der Waals surface area (Å²) >= 11 is 0. The predicted octanol–water partition coefficient (Wildman–Crippen LogP) is 3.73. The Hall–Kier alpha value is -1.26. The largest absolute Gasteiger partial charge is 0.491 e. The van der Waals surface area contributed by atoms with Crippen molar-refractivity contribution < 1.29 is 9.53 Å². The average molecular weight is 343 g/mol. The molecule has 0 saturated heterocycles. The van der Waals surface area contributed by atoms with Crippen LogP contribution in [0.2, 0.25) is 0 Å². The van der Waals surface area contributed by atoms with Crippen molar-refractivity contribution in [3.05, 3.63) is 29.8 Å². The summed E-state index contributed by atoms with van der Waals surface area (Å²) in [7, 11) is 1.82. The molecular weight excluding hydrogens is 312 g/mol. The van der Waals surface area contributed by atoms with E-state index >= 15 is 0 Å². The van der Waals surface area contributed by atoms with Gasteiger partial charge in [-0.05, 0) is 49.9 Å². The van der Waals surface area contributed by atoms with Gasteiger partial charge in [-0.15, -0.1) is 12.4 Å². The van der Waals surface area contributed by atoms with Crippen LogP contribution in [0, 0.1) is 5.92 Å². The summed E-state index contributed by atoms with van der Waals surface area (Å²) < 4.78 is 5.72. The van der Waals surface area contributed by atoms with Gasteiger partial charge in [-0.3, -0.25) is 4.79 Å². The summed E-state index contributed by atoms with van der Waals surface area (Å²) in [6.07, 6.45) is 1.95. The zero-order valence-corrected chi connectivity index (χ0v) is 15.7. The Labute approximate surface area is 146 Å². The molecule has 0 radical (unpaired) electrons. The van der Waals surface area contributed by atoms with Crippen molar-refractivity contribution in [2.24, 2.45) is 11.7 Å². The zero-order chi connectivity index (χ0) is 16.7. The molecule has 0 fully saturated rings. The molecule has 2 N–H and O–H groups in total. The van der Waals surface area contributed by atoms with Crippen molar-refractivity contribution in [3.8, 4) is 5.75 Å². The summed E-state index contributed by atoms with van der Waals surface area (Å²) in [5.74, 6) is 1.25. The zero-order valence-electron chi connectivity index (χ0n) is 14.9. The molecular formula is C18H31ClN2O2. The van der Waals surface area contributed by atoms with Crippen LogP contribution in [0.5, 0.6) is 5.75 Å². The first kappa shape index (κ1) is 21.7. The summed E-state index contributed by atoms with van der Waals surface area (Å²) in [5.41, 5.74) is 6.71. The summed E-state index contributed by atoms with van der Waals surface area (Å²) in [5, 5.41) is 0. The first-order valence-electron chi connectivity index (χ1n) is 8.12. The number of hydrogen-bond acceptors (Lipinski definition) is 3. The highest BCUT2D eigenvalue weighted by molar-refractivity contribution is 5.94. The third kappa shape index (κ3) is 7.23. The number of halogens is 1. The van der Waals surface area contributed by atoms with Crippen LogP contribution in [0.25, 0.3) is 0 Å². The number of nitrogens with two attached hydrogens (primary N) is 1. The molecule has 0 spiro atoms. The fourth-order valence-electron chi connectivity index (χ4n) is 1.99. The second kappa shape index (κ2) is 10.5. The molecule has 1 aromatic rings. The molecule has 0 saturated carbocycles. The Bertz CT molecular complexity index is 463. The highest BCUT2D eigenvalue weighted by atomic mass is 35.5. The van der Waals surface area contributed by atoms with E-state index in [2.05, 4.69) is 20.8 Å². The molecule has 0 aliphatic heterocycles. The van der Waals surface area contributed by atoms with Gasteiger partial charge in [0, 0.05) is 25.2 Å². The van der Waals surface area contributed by atoms with E-state index in [1.54, 1.807) is 4.90 Å². The van der Waals surface area contributed by atoms with Crippen LogP contribution in [-0.2, 0) is 0 Å². The third-order valence-corrected chi connectivity index (χ3v) is 4.01. The molecule has 23 heavy (non-hydrogen) atoms. The lowest BCUT2D eigenvalue weighted by atomic mass is 10.0. The van der Waals surface area contributed by atoms with E-state index in [0.29, 0.717) is 18.0 Å². The molecule has 0 heterocycles. The maximum absolute atomic E-state index is 12.4. The van der Waals surface area contributed by atoms with Crippen molar-refractivity contribution in [3.63, 3.8) is 0 Å². The molecule has 0 aliphatic rings. The molecule has 2 unspecified atom stereocenters. The highest BCUT2D eigenvalue weighted by Gasteiger charge is 2.14. The van der Waals surface area contributed by atoms with E-state index in [1.807, 2.05) is 38.2 Å². The molecule has 4 nitrogen and oxygen atoms in total. The minimum Gasteiger partial charge on any atom is -0.491 e. The van der Waals surface area contributed by atoms with Crippen molar-refractivity contribution in [1.82, 2.24) is 4.90 Å².